The van der Waals surface area contributed by atoms with Crippen LogP contribution in [0.15, 0.2) is 0 Å². The van der Waals surface area contributed by atoms with Crippen molar-refractivity contribution in [2.24, 2.45) is 0 Å². The molecule has 0 aliphatic carbocycles. The van der Waals surface area contributed by atoms with Gasteiger partial charge in [0.1, 0.15) is 6.61 Å². The maximum absolute atomic E-state index is 12.2. The molecule has 0 aromatic heterocycles. The number of likely N-dealkylation sites (N-methyl/N-ethyl adjacent to an activating group) is 2. The lowest BCUT2D eigenvalue weighted by molar-refractivity contribution is -0.140. The van der Waals surface area contributed by atoms with Crippen LogP contribution in [0.1, 0.15) is 25.7 Å². The Morgan fingerprint density at radius 1 is 1.37 bits per heavy atom. The molecule has 2 fully saturated rings. The van der Waals surface area contributed by atoms with Crippen LogP contribution in [-0.4, -0.2) is 74.7 Å². The van der Waals surface area contributed by atoms with Gasteiger partial charge in [0.2, 0.25) is 5.91 Å². The zero-order valence-electron chi connectivity index (χ0n) is 12.2. The first-order valence-corrected chi connectivity index (χ1v) is 7.43. The number of hydrogen-bond donors (Lipinski definition) is 1. The summed E-state index contributed by atoms with van der Waals surface area (Å²) in [6.07, 6.45) is 4.58. The number of likely N-dealkylation sites (tertiary alicyclic amines) is 1. The van der Waals surface area contributed by atoms with Crippen molar-refractivity contribution in [3.05, 3.63) is 0 Å². The van der Waals surface area contributed by atoms with Crippen molar-refractivity contribution in [2.45, 2.75) is 37.8 Å². The third-order valence-electron chi connectivity index (χ3n) is 4.27. The van der Waals surface area contributed by atoms with E-state index >= 15 is 0 Å². The zero-order valence-corrected chi connectivity index (χ0v) is 12.2. The minimum atomic E-state index is 0.124. The summed E-state index contributed by atoms with van der Waals surface area (Å²) in [7, 11) is 4.04. The van der Waals surface area contributed by atoms with E-state index in [-0.39, 0.29) is 18.6 Å². The molecule has 1 amide bonds. The van der Waals surface area contributed by atoms with E-state index in [1.165, 1.54) is 6.42 Å². The van der Waals surface area contributed by atoms with Gasteiger partial charge in [-0.05, 0) is 52.4 Å². The standard InChI is InChI=1S/C14H27N3O2/c1-16-9-3-4-12(10-16)17(2)14(18)11-19-13-5-7-15-8-6-13/h12-13,15H,3-11H2,1-2H3. The summed E-state index contributed by atoms with van der Waals surface area (Å²) in [4.78, 5) is 16.3. The number of carbonyl (C=O) groups is 1. The molecule has 2 aliphatic rings. The van der Waals surface area contributed by atoms with Crippen molar-refractivity contribution in [3.63, 3.8) is 0 Å². The maximum Gasteiger partial charge on any atom is 0.248 e. The van der Waals surface area contributed by atoms with E-state index in [1.54, 1.807) is 0 Å². The fraction of sp³-hybridized carbons (Fsp3) is 0.929. The highest BCUT2D eigenvalue weighted by molar-refractivity contribution is 5.77. The number of piperidine rings is 2. The lowest BCUT2D eigenvalue weighted by atomic mass is 10.1. The molecule has 2 aliphatic heterocycles. The number of amides is 1. The second-order valence-electron chi connectivity index (χ2n) is 5.82. The van der Waals surface area contributed by atoms with Crippen molar-refractivity contribution in [3.8, 4) is 0 Å². The number of nitrogens with zero attached hydrogens (tertiary/aromatic N) is 2. The van der Waals surface area contributed by atoms with Crippen LogP contribution in [0.3, 0.4) is 0 Å². The van der Waals surface area contributed by atoms with Crippen LogP contribution in [0.4, 0.5) is 0 Å². The van der Waals surface area contributed by atoms with E-state index in [4.69, 9.17) is 4.74 Å². The van der Waals surface area contributed by atoms with Gasteiger partial charge < -0.3 is 19.9 Å². The van der Waals surface area contributed by atoms with E-state index in [0.717, 1.165) is 45.4 Å². The van der Waals surface area contributed by atoms with Gasteiger partial charge in [0.05, 0.1) is 6.10 Å². The molecule has 2 heterocycles. The van der Waals surface area contributed by atoms with Gasteiger partial charge in [-0.1, -0.05) is 0 Å². The van der Waals surface area contributed by atoms with E-state index in [0.29, 0.717) is 6.04 Å². The Balaban J connectivity index is 1.72. The quantitative estimate of drug-likeness (QED) is 0.798. The molecule has 0 bridgehead atoms. The number of rotatable bonds is 4. The summed E-state index contributed by atoms with van der Waals surface area (Å²) in [5, 5.41) is 3.30. The van der Waals surface area contributed by atoms with Gasteiger partial charge in [-0.2, -0.15) is 0 Å². The topological polar surface area (TPSA) is 44.8 Å². The molecule has 5 nitrogen and oxygen atoms in total. The molecule has 1 atom stereocenters. The van der Waals surface area contributed by atoms with Crippen molar-refractivity contribution in [1.82, 2.24) is 15.1 Å². The highest BCUT2D eigenvalue weighted by Gasteiger charge is 2.25. The summed E-state index contributed by atoms with van der Waals surface area (Å²) in [6, 6.07) is 0.350. The molecular formula is C14H27N3O2. The highest BCUT2D eigenvalue weighted by Crippen LogP contribution is 2.14. The van der Waals surface area contributed by atoms with Gasteiger partial charge in [0.25, 0.3) is 0 Å². The summed E-state index contributed by atoms with van der Waals surface area (Å²) in [6.45, 7) is 4.37. The number of nitrogens with one attached hydrogen (secondary N) is 1. The van der Waals surface area contributed by atoms with E-state index in [9.17, 15) is 4.79 Å². The molecule has 19 heavy (non-hydrogen) atoms. The fourth-order valence-electron chi connectivity index (χ4n) is 2.91. The molecule has 110 valence electrons. The summed E-state index contributed by atoms with van der Waals surface area (Å²) < 4.78 is 5.74. The molecule has 0 radical (unpaired) electrons. The molecule has 1 N–H and O–H groups in total. The number of hydrogen-bond acceptors (Lipinski definition) is 4. The monoisotopic (exact) mass is 269 g/mol. The first-order valence-electron chi connectivity index (χ1n) is 7.43. The number of ether oxygens (including phenoxy) is 1. The van der Waals surface area contributed by atoms with Crippen LogP contribution in [0.25, 0.3) is 0 Å². The minimum absolute atomic E-state index is 0.124. The normalized spacial score (nSPS) is 26.3. The predicted octanol–water partition coefficient (Wildman–Crippen LogP) is 0.308. The van der Waals surface area contributed by atoms with E-state index in [1.807, 2.05) is 11.9 Å². The van der Waals surface area contributed by atoms with Gasteiger partial charge in [0.15, 0.2) is 0 Å². The summed E-state index contributed by atoms with van der Waals surface area (Å²) >= 11 is 0. The average molecular weight is 269 g/mol. The SMILES string of the molecule is CN1CCCC(N(C)C(=O)COC2CCNCC2)C1. The smallest absolute Gasteiger partial charge is 0.248 e. The van der Waals surface area contributed by atoms with Crippen LogP contribution in [-0.2, 0) is 9.53 Å². The molecule has 0 saturated carbocycles. The Morgan fingerprint density at radius 3 is 2.79 bits per heavy atom. The van der Waals surface area contributed by atoms with Crippen molar-refractivity contribution in [2.75, 3.05) is 46.9 Å². The first-order chi connectivity index (χ1) is 9.16. The maximum atomic E-state index is 12.2. The van der Waals surface area contributed by atoms with Crippen LogP contribution in [0, 0.1) is 0 Å². The van der Waals surface area contributed by atoms with Crippen LogP contribution in [0.5, 0.6) is 0 Å². The summed E-state index contributed by atoms with van der Waals surface area (Å²) in [5.74, 6) is 0.124. The minimum Gasteiger partial charge on any atom is -0.368 e. The fourth-order valence-corrected chi connectivity index (χ4v) is 2.91. The van der Waals surface area contributed by atoms with Crippen LogP contribution >= 0.6 is 0 Å². The molecule has 0 aromatic rings. The Kier molecular flexibility index (Phi) is 5.60. The van der Waals surface area contributed by atoms with Crippen LogP contribution in [0.2, 0.25) is 0 Å². The Labute approximate surface area is 116 Å². The molecule has 2 saturated heterocycles. The third kappa shape index (κ3) is 4.44. The zero-order chi connectivity index (χ0) is 13.7. The summed E-state index contributed by atoms with van der Waals surface area (Å²) in [5.41, 5.74) is 0. The van der Waals surface area contributed by atoms with Gasteiger partial charge in [-0.3, -0.25) is 4.79 Å². The molecule has 1 unspecified atom stereocenters. The van der Waals surface area contributed by atoms with Crippen LogP contribution < -0.4 is 5.32 Å². The molecular weight excluding hydrogens is 242 g/mol. The van der Waals surface area contributed by atoms with E-state index in [2.05, 4.69) is 17.3 Å². The molecule has 5 heteroatoms. The Bertz CT molecular complexity index is 292. The molecule has 2 rings (SSSR count). The predicted molar refractivity (Wildman–Crippen MR) is 75.1 cm³/mol. The Hall–Kier alpha value is -0.650. The number of carbonyl (C=O) groups excluding carboxylic acids is 1. The van der Waals surface area contributed by atoms with Gasteiger partial charge >= 0.3 is 0 Å². The van der Waals surface area contributed by atoms with Gasteiger partial charge in [0, 0.05) is 19.6 Å². The first kappa shape index (κ1) is 14.8. The van der Waals surface area contributed by atoms with E-state index < -0.39 is 0 Å². The average Bonchev–Trinajstić information content (AvgIpc) is 2.45. The molecule has 0 aromatic carbocycles. The van der Waals surface area contributed by atoms with Crippen molar-refractivity contribution >= 4 is 5.91 Å². The lowest BCUT2D eigenvalue weighted by Crippen LogP contribution is -2.48. The van der Waals surface area contributed by atoms with Gasteiger partial charge in [-0.25, -0.2) is 0 Å². The third-order valence-corrected chi connectivity index (χ3v) is 4.27. The van der Waals surface area contributed by atoms with Crippen molar-refractivity contribution < 1.29 is 9.53 Å². The largest absolute Gasteiger partial charge is 0.368 e. The lowest BCUT2D eigenvalue weighted by Gasteiger charge is -2.36. The second kappa shape index (κ2) is 7.22. The second-order valence-corrected chi connectivity index (χ2v) is 5.82. The molecule has 0 spiro atoms. The highest BCUT2D eigenvalue weighted by atomic mass is 16.5. The van der Waals surface area contributed by atoms with Gasteiger partial charge in [-0.15, -0.1) is 0 Å². The van der Waals surface area contributed by atoms with Crippen molar-refractivity contribution in [1.29, 1.82) is 0 Å². The Morgan fingerprint density at radius 2 is 2.11 bits per heavy atom.